The standard InChI is InChI=1S/C18H30N4.HI/c1-15(2)17(22-11-7-8-12-22)14-21-18(19-3)20-13-16-9-5-4-6-10-16;/h4-6,9-10,15,17H,7-8,11-14H2,1-3H3,(H2,19,20,21);1H. The van der Waals surface area contributed by atoms with Gasteiger partial charge in [0.05, 0.1) is 0 Å². The molecule has 4 nitrogen and oxygen atoms in total. The van der Waals surface area contributed by atoms with Crippen molar-refractivity contribution < 1.29 is 0 Å². The highest BCUT2D eigenvalue weighted by atomic mass is 127. The van der Waals surface area contributed by atoms with Crippen molar-refractivity contribution in [3.8, 4) is 0 Å². The average molecular weight is 430 g/mol. The van der Waals surface area contributed by atoms with Crippen LogP contribution in [0.4, 0.5) is 0 Å². The van der Waals surface area contributed by atoms with Crippen LogP contribution in [0.3, 0.4) is 0 Å². The number of hydrogen-bond acceptors (Lipinski definition) is 2. The maximum absolute atomic E-state index is 4.34. The van der Waals surface area contributed by atoms with Crippen LogP contribution in [0.5, 0.6) is 0 Å². The first kappa shape index (κ1) is 20.2. The van der Waals surface area contributed by atoms with Crippen molar-refractivity contribution >= 4 is 29.9 Å². The van der Waals surface area contributed by atoms with Crippen LogP contribution in [0.1, 0.15) is 32.3 Å². The summed E-state index contributed by atoms with van der Waals surface area (Å²) in [6.07, 6.45) is 2.68. The fourth-order valence-electron chi connectivity index (χ4n) is 3.06. The molecular weight excluding hydrogens is 399 g/mol. The van der Waals surface area contributed by atoms with E-state index in [-0.39, 0.29) is 24.0 Å². The molecule has 1 unspecified atom stereocenters. The number of nitrogens with one attached hydrogen (secondary N) is 2. The molecule has 0 aliphatic carbocycles. The molecule has 1 atom stereocenters. The Morgan fingerprint density at radius 2 is 1.78 bits per heavy atom. The molecular formula is C18H31IN4. The molecule has 130 valence electrons. The SMILES string of the molecule is CN=C(NCc1ccccc1)NCC(C(C)C)N1CCCC1.I. The summed E-state index contributed by atoms with van der Waals surface area (Å²) >= 11 is 0. The lowest BCUT2D eigenvalue weighted by Gasteiger charge is -2.31. The summed E-state index contributed by atoms with van der Waals surface area (Å²) < 4.78 is 0. The van der Waals surface area contributed by atoms with Gasteiger partial charge in [0.15, 0.2) is 5.96 Å². The molecule has 1 aromatic carbocycles. The van der Waals surface area contributed by atoms with Gasteiger partial charge in [-0.2, -0.15) is 0 Å². The second-order valence-corrected chi connectivity index (χ2v) is 6.35. The lowest BCUT2D eigenvalue weighted by atomic mass is 10.0. The average Bonchev–Trinajstić information content (AvgIpc) is 3.05. The van der Waals surface area contributed by atoms with Crippen molar-refractivity contribution in [2.45, 2.75) is 39.3 Å². The normalized spacial score (nSPS) is 17.0. The summed E-state index contributed by atoms with van der Waals surface area (Å²) in [6, 6.07) is 11.0. The Balaban J connectivity index is 0.00000264. The molecule has 0 aromatic heterocycles. The van der Waals surface area contributed by atoms with E-state index in [2.05, 4.69) is 58.6 Å². The van der Waals surface area contributed by atoms with Crippen LogP contribution in [0.15, 0.2) is 35.3 Å². The van der Waals surface area contributed by atoms with Gasteiger partial charge in [0.1, 0.15) is 0 Å². The summed E-state index contributed by atoms with van der Waals surface area (Å²) in [5, 5.41) is 6.89. The fraction of sp³-hybridized carbons (Fsp3) is 0.611. The number of hydrogen-bond donors (Lipinski definition) is 2. The number of aliphatic imine (C=N–C) groups is 1. The Hall–Kier alpha value is -0.820. The van der Waals surface area contributed by atoms with E-state index in [4.69, 9.17) is 0 Å². The zero-order valence-electron chi connectivity index (χ0n) is 14.6. The largest absolute Gasteiger partial charge is 0.355 e. The van der Waals surface area contributed by atoms with E-state index in [1.165, 1.54) is 31.5 Å². The molecule has 2 rings (SSSR count). The van der Waals surface area contributed by atoms with E-state index < -0.39 is 0 Å². The van der Waals surface area contributed by atoms with E-state index in [9.17, 15) is 0 Å². The van der Waals surface area contributed by atoms with Gasteiger partial charge in [-0.05, 0) is 37.4 Å². The molecule has 23 heavy (non-hydrogen) atoms. The summed E-state index contributed by atoms with van der Waals surface area (Å²) in [5.41, 5.74) is 1.27. The van der Waals surface area contributed by atoms with E-state index in [0.29, 0.717) is 12.0 Å². The molecule has 0 spiro atoms. The first-order chi connectivity index (χ1) is 10.7. The third-order valence-electron chi connectivity index (χ3n) is 4.38. The van der Waals surface area contributed by atoms with Gasteiger partial charge in [0.25, 0.3) is 0 Å². The van der Waals surface area contributed by atoms with E-state index >= 15 is 0 Å². The number of halogens is 1. The number of nitrogens with zero attached hydrogens (tertiary/aromatic N) is 2. The van der Waals surface area contributed by atoms with Crippen LogP contribution in [0, 0.1) is 5.92 Å². The molecule has 5 heteroatoms. The Bertz CT molecular complexity index is 455. The van der Waals surface area contributed by atoms with Crippen LogP contribution < -0.4 is 10.6 Å². The highest BCUT2D eigenvalue weighted by Crippen LogP contribution is 2.17. The zero-order chi connectivity index (χ0) is 15.8. The minimum atomic E-state index is 0. The molecule has 0 radical (unpaired) electrons. The fourth-order valence-corrected chi connectivity index (χ4v) is 3.06. The van der Waals surface area contributed by atoms with Crippen LogP contribution in [-0.4, -0.2) is 43.6 Å². The van der Waals surface area contributed by atoms with Gasteiger partial charge in [0.2, 0.25) is 0 Å². The molecule has 1 heterocycles. The zero-order valence-corrected chi connectivity index (χ0v) is 16.9. The molecule has 1 aromatic rings. The van der Waals surface area contributed by atoms with E-state index in [0.717, 1.165) is 19.0 Å². The van der Waals surface area contributed by atoms with Crippen LogP contribution in [-0.2, 0) is 6.54 Å². The molecule has 1 saturated heterocycles. The first-order valence-corrected chi connectivity index (χ1v) is 8.43. The van der Waals surface area contributed by atoms with Crippen molar-refractivity contribution in [3.05, 3.63) is 35.9 Å². The predicted molar refractivity (Wildman–Crippen MR) is 109 cm³/mol. The third-order valence-corrected chi connectivity index (χ3v) is 4.38. The molecule has 1 fully saturated rings. The van der Waals surface area contributed by atoms with Crippen molar-refractivity contribution in [1.29, 1.82) is 0 Å². The first-order valence-electron chi connectivity index (χ1n) is 8.43. The Morgan fingerprint density at radius 1 is 1.13 bits per heavy atom. The topological polar surface area (TPSA) is 39.7 Å². The van der Waals surface area contributed by atoms with Gasteiger partial charge >= 0.3 is 0 Å². The third kappa shape index (κ3) is 6.67. The minimum Gasteiger partial charge on any atom is -0.355 e. The smallest absolute Gasteiger partial charge is 0.191 e. The predicted octanol–water partition coefficient (Wildman–Crippen LogP) is 3.09. The molecule has 1 aliphatic rings. The second-order valence-electron chi connectivity index (χ2n) is 6.35. The molecule has 0 bridgehead atoms. The number of benzene rings is 1. The van der Waals surface area contributed by atoms with Crippen molar-refractivity contribution in [2.24, 2.45) is 10.9 Å². The summed E-state index contributed by atoms with van der Waals surface area (Å²) in [5.74, 6) is 1.53. The van der Waals surface area contributed by atoms with E-state index in [1.54, 1.807) is 0 Å². The minimum absolute atomic E-state index is 0. The van der Waals surface area contributed by atoms with Gasteiger partial charge in [-0.1, -0.05) is 44.2 Å². The number of rotatable bonds is 6. The van der Waals surface area contributed by atoms with Gasteiger partial charge in [-0.25, -0.2) is 0 Å². The summed E-state index contributed by atoms with van der Waals surface area (Å²) in [6.45, 7) is 8.85. The molecule has 0 amide bonds. The monoisotopic (exact) mass is 430 g/mol. The van der Waals surface area contributed by atoms with Gasteiger partial charge < -0.3 is 10.6 Å². The van der Waals surface area contributed by atoms with Gasteiger partial charge in [-0.15, -0.1) is 24.0 Å². The lowest BCUT2D eigenvalue weighted by Crippen LogP contribution is -2.48. The van der Waals surface area contributed by atoms with Crippen LogP contribution in [0.25, 0.3) is 0 Å². The number of likely N-dealkylation sites (tertiary alicyclic amines) is 1. The van der Waals surface area contributed by atoms with Gasteiger partial charge in [0, 0.05) is 26.2 Å². The van der Waals surface area contributed by atoms with Crippen molar-refractivity contribution in [3.63, 3.8) is 0 Å². The van der Waals surface area contributed by atoms with Crippen molar-refractivity contribution in [1.82, 2.24) is 15.5 Å². The van der Waals surface area contributed by atoms with Crippen LogP contribution in [0.2, 0.25) is 0 Å². The quantitative estimate of drug-likeness (QED) is 0.414. The maximum atomic E-state index is 4.34. The number of guanidine groups is 1. The highest BCUT2D eigenvalue weighted by Gasteiger charge is 2.24. The van der Waals surface area contributed by atoms with Crippen molar-refractivity contribution in [2.75, 3.05) is 26.7 Å². The summed E-state index contributed by atoms with van der Waals surface area (Å²) in [7, 11) is 1.83. The maximum Gasteiger partial charge on any atom is 0.191 e. The van der Waals surface area contributed by atoms with Crippen LogP contribution >= 0.6 is 24.0 Å². The van der Waals surface area contributed by atoms with Gasteiger partial charge in [-0.3, -0.25) is 9.89 Å². The Morgan fingerprint density at radius 3 is 2.35 bits per heavy atom. The van der Waals surface area contributed by atoms with E-state index in [1.807, 2.05) is 13.1 Å². The lowest BCUT2D eigenvalue weighted by molar-refractivity contribution is 0.192. The Kier molecular flexibility index (Phi) is 9.55. The molecule has 0 saturated carbocycles. The molecule has 2 N–H and O–H groups in total. The summed E-state index contributed by atoms with van der Waals surface area (Å²) in [4.78, 5) is 6.95. The Labute approximate surface area is 158 Å². The second kappa shape index (κ2) is 10.9. The highest BCUT2D eigenvalue weighted by molar-refractivity contribution is 14.0. The molecule has 1 aliphatic heterocycles.